The Hall–Kier alpha value is -2.50. The molecule has 0 amide bonds. The van der Waals surface area contributed by atoms with Gasteiger partial charge >= 0.3 is 6.18 Å². The normalized spacial score (nSPS) is 14.3. The molecule has 0 saturated carbocycles. The minimum absolute atomic E-state index is 0.171. The van der Waals surface area contributed by atoms with Gasteiger partial charge in [-0.3, -0.25) is 4.99 Å². The number of para-hydroxylation sites is 1. The van der Waals surface area contributed by atoms with E-state index in [0.29, 0.717) is 17.8 Å². The number of benzene rings is 2. The molecule has 1 aliphatic heterocycles. The topological polar surface area (TPSA) is 36.4 Å². The molecule has 2 aromatic rings. The maximum absolute atomic E-state index is 13.2. The highest BCUT2D eigenvalue weighted by atomic mass is 19.4. The van der Waals surface area contributed by atoms with E-state index in [4.69, 9.17) is 0 Å². The molecule has 0 atom stereocenters. The lowest BCUT2D eigenvalue weighted by Gasteiger charge is -2.17. The third-order valence-corrected chi connectivity index (χ3v) is 3.64. The zero-order valence-electron chi connectivity index (χ0n) is 12.3. The number of aliphatic imine (C=N–C) groups is 1. The standard InChI is InChI=1S/C17H16F3N3/c18-17(19,20)14-7-3-1-5-12(14)13-6-2-4-8-15(13)23-11-16-21-9-10-22-16/h1-8,23H,9-11H2,(H,21,22). The molecule has 23 heavy (non-hydrogen) atoms. The van der Waals surface area contributed by atoms with E-state index in [9.17, 15) is 13.2 Å². The molecule has 2 N–H and O–H groups in total. The molecule has 1 aliphatic rings. The van der Waals surface area contributed by atoms with Gasteiger partial charge in [0.15, 0.2) is 0 Å². The first-order chi connectivity index (χ1) is 11.1. The van der Waals surface area contributed by atoms with Crippen molar-refractivity contribution in [1.29, 1.82) is 0 Å². The average Bonchev–Trinajstić information content (AvgIpc) is 3.06. The number of rotatable bonds is 4. The average molecular weight is 319 g/mol. The summed E-state index contributed by atoms with van der Waals surface area (Å²) < 4.78 is 39.7. The van der Waals surface area contributed by atoms with Crippen LogP contribution in [0.3, 0.4) is 0 Å². The van der Waals surface area contributed by atoms with Crippen LogP contribution in [0.15, 0.2) is 53.5 Å². The fourth-order valence-corrected chi connectivity index (χ4v) is 2.58. The third-order valence-electron chi connectivity index (χ3n) is 3.64. The SMILES string of the molecule is FC(F)(F)c1ccccc1-c1ccccc1NCC1=NCCN1. The van der Waals surface area contributed by atoms with Gasteiger partial charge in [-0.25, -0.2) is 0 Å². The summed E-state index contributed by atoms with van der Waals surface area (Å²) in [5.74, 6) is 0.823. The Kier molecular flexibility index (Phi) is 4.23. The first kappa shape index (κ1) is 15.4. The second-order valence-electron chi connectivity index (χ2n) is 5.20. The van der Waals surface area contributed by atoms with E-state index in [1.165, 1.54) is 12.1 Å². The number of anilines is 1. The van der Waals surface area contributed by atoms with Crippen LogP contribution in [0, 0.1) is 0 Å². The Labute approximate surface area is 132 Å². The van der Waals surface area contributed by atoms with Gasteiger partial charge in [-0.2, -0.15) is 13.2 Å². The molecule has 0 spiro atoms. The van der Waals surface area contributed by atoms with Crippen molar-refractivity contribution in [3.8, 4) is 11.1 Å². The largest absolute Gasteiger partial charge is 0.417 e. The molecular weight excluding hydrogens is 303 g/mol. The Morgan fingerprint density at radius 1 is 1.00 bits per heavy atom. The van der Waals surface area contributed by atoms with Gasteiger partial charge in [-0.1, -0.05) is 36.4 Å². The van der Waals surface area contributed by atoms with Crippen molar-refractivity contribution in [3.05, 3.63) is 54.1 Å². The Morgan fingerprint density at radius 3 is 2.39 bits per heavy atom. The monoisotopic (exact) mass is 319 g/mol. The zero-order chi connectivity index (χ0) is 16.3. The lowest BCUT2D eigenvalue weighted by molar-refractivity contribution is -0.137. The van der Waals surface area contributed by atoms with Crippen LogP contribution in [0.5, 0.6) is 0 Å². The smallest absolute Gasteiger partial charge is 0.377 e. The van der Waals surface area contributed by atoms with Gasteiger partial charge < -0.3 is 10.6 Å². The van der Waals surface area contributed by atoms with Crippen molar-refractivity contribution >= 4 is 11.5 Å². The lowest BCUT2D eigenvalue weighted by Crippen LogP contribution is -2.26. The number of nitrogens with one attached hydrogen (secondary N) is 2. The van der Waals surface area contributed by atoms with E-state index in [-0.39, 0.29) is 5.56 Å². The van der Waals surface area contributed by atoms with Crippen LogP contribution in [0.25, 0.3) is 11.1 Å². The highest BCUT2D eigenvalue weighted by molar-refractivity contribution is 5.89. The second kappa shape index (κ2) is 6.32. The summed E-state index contributed by atoms with van der Waals surface area (Å²) in [5, 5.41) is 6.30. The molecule has 1 heterocycles. The molecule has 2 aromatic carbocycles. The van der Waals surface area contributed by atoms with Crippen molar-refractivity contribution in [3.63, 3.8) is 0 Å². The molecule has 3 rings (SSSR count). The molecule has 0 unspecified atom stereocenters. The van der Waals surface area contributed by atoms with Crippen LogP contribution in [-0.4, -0.2) is 25.5 Å². The van der Waals surface area contributed by atoms with E-state index in [1.807, 2.05) is 0 Å². The van der Waals surface area contributed by atoms with Crippen LogP contribution >= 0.6 is 0 Å². The van der Waals surface area contributed by atoms with Crippen molar-refractivity contribution < 1.29 is 13.2 Å². The highest BCUT2D eigenvalue weighted by Crippen LogP contribution is 2.39. The van der Waals surface area contributed by atoms with Gasteiger partial charge in [-0.15, -0.1) is 0 Å². The molecule has 0 saturated heterocycles. The van der Waals surface area contributed by atoms with Crippen molar-refractivity contribution in [2.24, 2.45) is 4.99 Å². The third kappa shape index (κ3) is 3.47. The number of hydrogen-bond acceptors (Lipinski definition) is 3. The lowest BCUT2D eigenvalue weighted by atomic mass is 9.98. The molecule has 0 aromatic heterocycles. The van der Waals surface area contributed by atoms with E-state index < -0.39 is 11.7 Å². The van der Waals surface area contributed by atoms with E-state index in [2.05, 4.69) is 15.6 Å². The van der Waals surface area contributed by atoms with Crippen LogP contribution < -0.4 is 10.6 Å². The van der Waals surface area contributed by atoms with Crippen molar-refractivity contribution in [2.75, 3.05) is 25.0 Å². The van der Waals surface area contributed by atoms with Gasteiger partial charge in [0.1, 0.15) is 5.84 Å². The predicted molar refractivity (Wildman–Crippen MR) is 85.7 cm³/mol. The Morgan fingerprint density at radius 2 is 1.70 bits per heavy atom. The fourth-order valence-electron chi connectivity index (χ4n) is 2.58. The molecular formula is C17H16F3N3. The zero-order valence-corrected chi connectivity index (χ0v) is 12.3. The molecule has 120 valence electrons. The van der Waals surface area contributed by atoms with Crippen LogP contribution in [0.2, 0.25) is 0 Å². The van der Waals surface area contributed by atoms with Crippen molar-refractivity contribution in [2.45, 2.75) is 6.18 Å². The fraction of sp³-hybridized carbons (Fsp3) is 0.235. The first-order valence-electron chi connectivity index (χ1n) is 7.32. The van der Waals surface area contributed by atoms with Gasteiger partial charge in [0.2, 0.25) is 0 Å². The quantitative estimate of drug-likeness (QED) is 0.899. The number of halogens is 3. The van der Waals surface area contributed by atoms with Gasteiger partial charge in [0, 0.05) is 17.8 Å². The van der Waals surface area contributed by atoms with Gasteiger partial charge in [0.25, 0.3) is 0 Å². The highest BCUT2D eigenvalue weighted by Gasteiger charge is 2.33. The van der Waals surface area contributed by atoms with Crippen LogP contribution in [-0.2, 0) is 6.18 Å². The summed E-state index contributed by atoms with van der Waals surface area (Å²) >= 11 is 0. The molecule has 0 bridgehead atoms. The Balaban J connectivity index is 1.94. The first-order valence-corrected chi connectivity index (χ1v) is 7.32. The van der Waals surface area contributed by atoms with Gasteiger partial charge in [0.05, 0.1) is 18.7 Å². The van der Waals surface area contributed by atoms with E-state index in [1.54, 1.807) is 30.3 Å². The molecule has 0 fully saturated rings. The molecule has 0 aliphatic carbocycles. The summed E-state index contributed by atoms with van der Waals surface area (Å²) in [6, 6.07) is 12.6. The molecule has 3 nitrogen and oxygen atoms in total. The summed E-state index contributed by atoms with van der Waals surface area (Å²) in [7, 11) is 0. The predicted octanol–water partition coefficient (Wildman–Crippen LogP) is 3.79. The molecule has 6 heteroatoms. The summed E-state index contributed by atoms with van der Waals surface area (Å²) in [5.41, 5.74) is 0.717. The number of alkyl halides is 3. The number of nitrogens with zero attached hydrogens (tertiary/aromatic N) is 1. The number of amidine groups is 1. The Bertz CT molecular complexity index is 723. The van der Waals surface area contributed by atoms with Crippen molar-refractivity contribution in [1.82, 2.24) is 5.32 Å². The maximum Gasteiger partial charge on any atom is 0.417 e. The maximum atomic E-state index is 13.2. The van der Waals surface area contributed by atoms with Gasteiger partial charge in [-0.05, 0) is 17.7 Å². The number of hydrogen-bond donors (Lipinski definition) is 2. The minimum atomic E-state index is -4.39. The summed E-state index contributed by atoms with van der Waals surface area (Å²) in [6.45, 7) is 2.00. The van der Waals surface area contributed by atoms with E-state index >= 15 is 0 Å². The summed E-state index contributed by atoms with van der Waals surface area (Å²) in [4.78, 5) is 4.27. The summed E-state index contributed by atoms with van der Waals surface area (Å²) in [6.07, 6.45) is -4.39. The molecule has 0 radical (unpaired) electrons. The second-order valence-corrected chi connectivity index (χ2v) is 5.20. The van der Waals surface area contributed by atoms with Crippen LogP contribution in [0.1, 0.15) is 5.56 Å². The van der Waals surface area contributed by atoms with E-state index in [0.717, 1.165) is 25.0 Å². The minimum Gasteiger partial charge on any atom is -0.377 e. The van der Waals surface area contributed by atoms with Crippen LogP contribution in [0.4, 0.5) is 18.9 Å².